The van der Waals surface area contributed by atoms with Crippen molar-refractivity contribution in [2.75, 3.05) is 13.1 Å². The van der Waals surface area contributed by atoms with Gasteiger partial charge in [-0.25, -0.2) is 9.59 Å². The van der Waals surface area contributed by atoms with Gasteiger partial charge in [-0.1, -0.05) is 6.92 Å². The van der Waals surface area contributed by atoms with Gasteiger partial charge in [-0.3, -0.25) is 0 Å². The Hall–Kier alpha value is -1.30. The summed E-state index contributed by atoms with van der Waals surface area (Å²) in [6.45, 7) is 4.75. The van der Waals surface area contributed by atoms with Gasteiger partial charge in [0, 0.05) is 13.1 Å². The van der Waals surface area contributed by atoms with Crippen LogP contribution in [0.25, 0.3) is 0 Å². The predicted molar refractivity (Wildman–Crippen MR) is 61.6 cm³/mol. The Labute approximate surface area is 101 Å². The van der Waals surface area contributed by atoms with E-state index in [2.05, 4.69) is 12.2 Å². The maximum Gasteiger partial charge on any atom is 0.328 e. The van der Waals surface area contributed by atoms with Crippen molar-refractivity contribution in [2.45, 2.75) is 38.8 Å². The molecule has 0 aromatic heterocycles. The molecular formula is C11H20N2O4. The molecule has 0 aromatic rings. The zero-order chi connectivity index (χ0) is 13.0. The van der Waals surface area contributed by atoms with Gasteiger partial charge in [0.05, 0.1) is 6.10 Å². The molecule has 17 heavy (non-hydrogen) atoms. The first-order valence-electron chi connectivity index (χ1n) is 5.88. The lowest BCUT2D eigenvalue weighted by Crippen LogP contribution is -2.53. The largest absolute Gasteiger partial charge is 0.480 e. The summed E-state index contributed by atoms with van der Waals surface area (Å²) in [6.07, 6.45) is 0.750. The third-order valence-corrected chi connectivity index (χ3v) is 3.10. The highest BCUT2D eigenvalue weighted by Gasteiger charge is 2.28. The molecule has 1 heterocycles. The number of likely N-dealkylation sites (tertiary alicyclic amines) is 1. The van der Waals surface area contributed by atoms with E-state index in [1.54, 1.807) is 4.90 Å². The fourth-order valence-electron chi connectivity index (χ4n) is 1.82. The number of rotatable bonds is 3. The van der Waals surface area contributed by atoms with Crippen LogP contribution in [0.2, 0.25) is 0 Å². The van der Waals surface area contributed by atoms with Crippen LogP contribution in [0.3, 0.4) is 0 Å². The van der Waals surface area contributed by atoms with Crippen LogP contribution in [-0.2, 0) is 4.79 Å². The lowest BCUT2D eigenvalue weighted by molar-refractivity contribution is -0.141. The van der Waals surface area contributed by atoms with E-state index in [1.807, 2.05) is 0 Å². The van der Waals surface area contributed by atoms with E-state index >= 15 is 0 Å². The fraction of sp³-hybridized carbons (Fsp3) is 0.818. The summed E-state index contributed by atoms with van der Waals surface area (Å²) in [5.74, 6) is -0.621. The number of aliphatic carboxylic acids is 1. The van der Waals surface area contributed by atoms with Crippen molar-refractivity contribution < 1.29 is 19.8 Å². The number of aliphatic hydroxyl groups is 1. The Balaban J connectivity index is 2.50. The number of nitrogens with one attached hydrogen (secondary N) is 1. The van der Waals surface area contributed by atoms with Gasteiger partial charge in [0.1, 0.15) is 0 Å². The van der Waals surface area contributed by atoms with Gasteiger partial charge in [0.15, 0.2) is 6.04 Å². The van der Waals surface area contributed by atoms with Crippen LogP contribution in [0.15, 0.2) is 0 Å². The molecule has 1 aliphatic rings. The standard InChI is InChI=1S/C11H20N2O4/c1-7-3-5-13(6-4-7)11(17)12-9(8(2)14)10(15)16/h7-9,14H,3-6H2,1-2H3,(H,12,17)(H,15,16). The number of nitrogens with zero attached hydrogens (tertiary/aromatic N) is 1. The Kier molecular flexibility index (Phi) is 4.74. The van der Waals surface area contributed by atoms with Crippen LogP contribution in [-0.4, -0.2) is 52.3 Å². The fourth-order valence-corrected chi connectivity index (χ4v) is 1.82. The summed E-state index contributed by atoms with van der Waals surface area (Å²) in [5, 5.41) is 20.4. The topological polar surface area (TPSA) is 89.9 Å². The molecule has 0 spiro atoms. The number of carboxylic acids is 1. The van der Waals surface area contributed by atoms with Gasteiger partial charge >= 0.3 is 12.0 Å². The van der Waals surface area contributed by atoms with Gasteiger partial charge in [0.2, 0.25) is 0 Å². The summed E-state index contributed by atoms with van der Waals surface area (Å²) in [7, 11) is 0. The minimum Gasteiger partial charge on any atom is -0.480 e. The van der Waals surface area contributed by atoms with Gasteiger partial charge < -0.3 is 20.4 Å². The average Bonchev–Trinajstić information content (AvgIpc) is 2.25. The van der Waals surface area contributed by atoms with E-state index in [1.165, 1.54) is 6.92 Å². The van der Waals surface area contributed by atoms with Crippen LogP contribution >= 0.6 is 0 Å². The molecule has 0 aromatic carbocycles. The average molecular weight is 244 g/mol. The van der Waals surface area contributed by atoms with Crippen LogP contribution in [0.4, 0.5) is 4.79 Å². The molecule has 0 saturated carbocycles. The van der Waals surface area contributed by atoms with E-state index in [4.69, 9.17) is 5.11 Å². The highest BCUT2D eigenvalue weighted by Crippen LogP contribution is 2.15. The zero-order valence-electron chi connectivity index (χ0n) is 10.2. The summed E-state index contributed by atoms with van der Waals surface area (Å²) in [6, 6.07) is -1.66. The second kappa shape index (κ2) is 5.86. The highest BCUT2D eigenvalue weighted by atomic mass is 16.4. The summed E-state index contributed by atoms with van der Waals surface area (Å²) < 4.78 is 0. The first-order chi connectivity index (χ1) is 7.91. The van der Waals surface area contributed by atoms with E-state index in [-0.39, 0.29) is 0 Å². The Morgan fingerprint density at radius 2 is 1.88 bits per heavy atom. The van der Waals surface area contributed by atoms with Crippen LogP contribution in [0.1, 0.15) is 26.7 Å². The molecule has 98 valence electrons. The molecule has 0 bridgehead atoms. The molecule has 0 radical (unpaired) electrons. The number of carbonyl (C=O) groups excluding carboxylic acids is 1. The first-order valence-corrected chi connectivity index (χ1v) is 5.88. The van der Waals surface area contributed by atoms with Gasteiger partial charge in [0.25, 0.3) is 0 Å². The second-order valence-electron chi connectivity index (χ2n) is 4.68. The Morgan fingerprint density at radius 1 is 1.35 bits per heavy atom. The lowest BCUT2D eigenvalue weighted by atomic mass is 9.99. The molecule has 6 heteroatoms. The van der Waals surface area contributed by atoms with Crippen molar-refractivity contribution in [1.29, 1.82) is 0 Å². The molecular weight excluding hydrogens is 224 g/mol. The summed E-state index contributed by atoms with van der Waals surface area (Å²) in [4.78, 5) is 24.2. The third-order valence-electron chi connectivity index (χ3n) is 3.10. The lowest BCUT2D eigenvalue weighted by Gasteiger charge is -2.31. The molecule has 1 aliphatic heterocycles. The zero-order valence-corrected chi connectivity index (χ0v) is 10.2. The van der Waals surface area contributed by atoms with Crippen LogP contribution in [0, 0.1) is 5.92 Å². The van der Waals surface area contributed by atoms with Gasteiger partial charge in [-0.05, 0) is 25.7 Å². The number of piperidine rings is 1. The first kappa shape index (κ1) is 13.8. The molecule has 1 saturated heterocycles. The number of carboxylic acid groups (broad SMARTS) is 1. The third kappa shape index (κ3) is 3.89. The van der Waals surface area contributed by atoms with Crippen LogP contribution in [0.5, 0.6) is 0 Å². The minimum absolute atomic E-state index is 0.412. The van der Waals surface area contributed by atoms with Crippen molar-refractivity contribution >= 4 is 12.0 Å². The van der Waals surface area contributed by atoms with Gasteiger partial charge in [-0.15, -0.1) is 0 Å². The molecule has 2 amide bonds. The minimum atomic E-state index is -1.25. The van der Waals surface area contributed by atoms with Crippen molar-refractivity contribution in [3.8, 4) is 0 Å². The quantitative estimate of drug-likeness (QED) is 0.664. The SMILES string of the molecule is CC1CCN(C(=O)NC(C(=O)O)C(C)O)CC1. The molecule has 3 N–H and O–H groups in total. The predicted octanol–water partition coefficient (Wildman–Crippen LogP) is 0.262. The highest BCUT2D eigenvalue weighted by molar-refractivity contribution is 5.83. The Bertz CT molecular complexity index is 285. The smallest absolute Gasteiger partial charge is 0.328 e. The van der Waals surface area contributed by atoms with Crippen molar-refractivity contribution in [2.24, 2.45) is 5.92 Å². The van der Waals surface area contributed by atoms with Crippen molar-refractivity contribution in [3.63, 3.8) is 0 Å². The second-order valence-corrected chi connectivity index (χ2v) is 4.68. The summed E-state index contributed by atoms with van der Waals surface area (Å²) in [5.41, 5.74) is 0. The van der Waals surface area contributed by atoms with E-state index in [9.17, 15) is 14.7 Å². The molecule has 1 fully saturated rings. The molecule has 0 aliphatic carbocycles. The van der Waals surface area contributed by atoms with E-state index < -0.39 is 24.1 Å². The normalized spacial score (nSPS) is 20.8. The van der Waals surface area contributed by atoms with E-state index in [0.717, 1.165) is 12.8 Å². The monoisotopic (exact) mass is 244 g/mol. The number of carbonyl (C=O) groups is 2. The number of urea groups is 1. The van der Waals surface area contributed by atoms with Gasteiger partial charge in [-0.2, -0.15) is 0 Å². The summed E-state index contributed by atoms with van der Waals surface area (Å²) >= 11 is 0. The Morgan fingerprint density at radius 3 is 2.29 bits per heavy atom. The molecule has 6 nitrogen and oxygen atoms in total. The number of aliphatic hydroxyl groups excluding tert-OH is 1. The number of hydrogen-bond acceptors (Lipinski definition) is 3. The maximum atomic E-state index is 11.8. The van der Waals surface area contributed by atoms with E-state index in [0.29, 0.717) is 19.0 Å². The maximum absolute atomic E-state index is 11.8. The number of amides is 2. The molecule has 2 unspecified atom stereocenters. The molecule has 2 atom stereocenters. The number of hydrogen-bond donors (Lipinski definition) is 3. The van der Waals surface area contributed by atoms with Crippen LogP contribution < -0.4 is 5.32 Å². The van der Waals surface area contributed by atoms with Crippen molar-refractivity contribution in [1.82, 2.24) is 10.2 Å². The molecule has 1 rings (SSSR count). The van der Waals surface area contributed by atoms with Crippen molar-refractivity contribution in [3.05, 3.63) is 0 Å².